The first-order valence-electron chi connectivity index (χ1n) is 7.75. The van der Waals surface area contributed by atoms with Gasteiger partial charge in [-0.3, -0.25) is 4.79 Å². The van der Waals surface area contributed by atoms with Crippen LogP contribution in [-0.2, 0) is 14.3 Å². The molecular weight excluding hydrogens is 381 g/mol. The van der Waals surface area contributed by atoms with E-state index in [1.165, 1.54) is 0 Å². The molecule has 0 saturated carbocycles. The molecule has 1 unspecified atom stereocenters. The van der Waals surface area contributed by atoms with Crippen molar-refractivity contribution in [3.8, 4) is 11.5 Å². The Morgan fingerprint density at radius 3 is 2.69 bits per heavy atom. The molecule has 1 N–H and O–H groups in total. The number of esters is 1. The Balaban J connectivity index is 1.55. The summed E-state index contributed by atoms with van der Waals surface area (Å²) >= 11 is 12.2. The number of aryl methyl sites for hydroxylation is 1. The maximum Gasteiger partial charge on any atom is 0.351 e. The molecule has 2 aromatic rings. The van der Waals surface area contributed by atoms with Gasteiger partial charge in [0.15, 0.2) is 18.1 Å². The van der Waals surface area contributed by atoms with Gasteiger partial charge in [-0.1, -0.05) is 41.4 Å². The number of para-hydroxylation sites is 2. The van der Waals surface area contributed by atoms with E-state index in [0.717, 1.165) is 5.56 Å². The molecule has 26 heavy (non-hydrogen) atoms. The second kappa shape index (κ2) is 7.85. The van der Waals surface area contributed by atoms with E-state index in [4.69, 9.17) is 37.4 Å². The van der Waals surface area contributed by atoms with Crippen LogP contribution in [0.4, 0.5) is 5.69 Å². The van der Waals surface area contributed by atoms with Crippen LogP contribution in [0, 0.1) is 6.92 Å². The number of amides is 1. The summed E-state index contributed by atoms with van der Waals surface area (Å²) in [6.07, 6.45) is -0.941. The van der Waals surface area contributed by atoms with Gasteiger partial charge in [-0.05, 0) is 30.7 Å². The van der Waals surface area contributed by atoms with E-state index >= 15 is 0 Å². The van der Waals surface area contributed by atoms with Crippen LogP contribution in [0.5, 0.6) is 11.5 Å². The summed E-state index contributed by atoms with van der Waals surface area (Å²) in [6.45, 7) is 1.29. The van der Waals surface area contributed by atoms with Gasteiger partial charge in [-0.25, -0.2) is 4.79 Å². The Bertz CT molecular complexity index is 855. The summed E-state index contributed by atoms with van der Waals surface area (Å²) < 4.78 is 16.0. The molecule has 0 bridgehead atoms. The van der Waals surface area contributed by atoms with Gasteiger partial charge in [0.25, 0.3) is 5.91 Å². The zero-order valence-corrected chi connectivity index (χ0v) is 15.3. The van der Waals surface area contributed by atoms with E-state index in [1.54, 1.807) is 43.3 Å². The molecule has 6 nitrogen and oxygen atoms in total. The molecule has 136 valence electrons. The maximum atomic E-state index is 12.1. The fraction of sp³-hybridized carbons (Fsp3) is 0.222. The van der Waals surface area contributed by atoms with E-state index in [1.807, 2.05) is 0 Å². The predicted octanol–water partition coefficient (Wildman–Crippen LogP) is 3.62. The molecule has 0 fully saturated rings. The smallest absolute Gasteiger partial charge is 0.351 e. The Morgan fingerprint density at radius 1 is 1.19 bits per heavy atom. The van der Waals surface area contributed by atoms with Crippen LogP contribution in [0.25, 0.3) is 0 Å². The lowest BCUT2D eigenvalue weighted by molar-refractivity contribution is -0.156. The summed E-state index contributed by atoms with van der Waals surface area (Å²) in [4.78, 5) is 24.1. The van der Waals surface area contributed by atoms with Crippen LogP contribution in [0.2, 0.25) is 10.0 Å². The van der Waals surface area contributed by atoms with Crippen molar-refractivity contribution in [1.82, 2.24) is 0 Å². The zero-order chi connectivity index (χ0) is 18.7. The molecule has 1 atom stereocenters. The number of ether oxygens (including phenoxy) is 3. The molecule has 1 aliphatic heterocycles. The van der Waals surface area contributed by atoms with Crippen molar-refractivity contribution in [3.63, 3.8) is 0 Å². The van der Waals surface area contributed by atoms with Gasteiger partial charge in [-0.2, -0.15) is 0 Å². The Morgan fingerprint density at radius 2 is 1.92 bits per heavy atom. The first kappa shape index (κ1) is 18.4. The van der Waals surface area contributed by atoms with Crippen LogP contribution < -0.4 is 14.8 Å². The highest BCUT2D eigenvalue weighted by Crippen LogP contribution is 2.33. The minimum atomic E-state index is -0.941. The second-order valence-corrected chi connectivity index (χ2v) is 6.36. The van der Waals surface area contributed by atoms with Gasteiger partial charge in [0, 0.05) is 0 Å². The van der Waals surface area contributed by atoms with Crippen LogP contribution in [0.1, 0.15) is 5.56 Å². The summed E-state index contributed by atoms with van der Waals surface area (Å²) in [6, 6.07) is 10.3. The molecule has 1 aliphatic rings. The highest BCUT2D eigenvalue weighted by molar-refractivity contribution is 6.40. The van der Waals surface area contributed by atoms with Gasteiger partial charge < -0.3 is 19.5 Å². The third-order valence-electron chi connectivity index (χ3n) is 3.67. The number of carbonyl (C=O) groups excluding carboxylic acids is 2. The molecule has 0 aromatic heterocycles. The third kappa shape index (κ3) is 4.03. The number of anilines is 1. The number of hydrogen-bond acceptors (Lipinski definition) is 5. The predicted molar refractivity (Wildman–Crippen MR) is 97.1 cm³/mol. The molecule has 0 radical (unpaired) electrons. The molecule has 0 aliphatic carbocycles. The van der Waals surface area contributed by atoms with Crippen LogP contribution in [0.3, 0.4) is 0 Å². The minimum absolute atomic E-state index is 0.00695. The van der Waals surface area contributed by atoms with Crippen LogP contribution in [0.15, 0.2) is 36.4 Å². The van der Waals surface area contributed by atoms with Crippen LogP contribution in [-0.4, -0.2) is 31.2 Å². The fourth-order valence-corrected chi connectivity index (χ4v) is 2.78. The highest BCUT2D eigenvalue weighted by atomic mass is 35.5. The average Bonchev–Trinajstić information content (AvgIpc) is 2.66. The van der Waals surface area contributed by atoms with Crippen molar-refractivity contribution in [3.05, 3.63) is 52.0 Å². The summed E-state index contributed by atoms with van der Waals surface area (Å²) in [5.74, 6) is -0.262. The fourth-order valence-electron chi connectivity index (χ4n) is 2.31. The molecule has 2 aromatic carbocycles. The number of benzene rings is 2. The number of fused-ring (bicyclic) bond motifs is 1. The third-order valence-corrected chi connectivity index (χ3v) is 4.47. The standard InChI is InChI=1S/C18H15Cl2NO5/c1-10-6-7-11(19)17(16(10)20)21-15(22)9-25-18(23)14-8-24-12-4-2-3-5-13(12)26-14/h2-7,14H,8-9H2,1H3,(H,21,22). The van der Waals surface area contributed by atoms with Crippen LogP contribution >= 0.6 is 23.2 Å². The Labute approximate surface area is 159 Å². The Kier molecular flexibility index (Phi) is 5.54. The molecule has 3 rings (SSSR count). The molecule has 8 heteroatoms. The summed E-state index contributed by atoms with van der Waals surface area (Å²) in [5.41, 5.74) is 1.04. The van der Waals surface area contributed by atoms with Crippen molar-refractivity contribution in [2.24, 2.45) is 0 Å². The normalized spacial score (nSPS) is 15.3. The first-order valence-corrected chi connectivity index (χ1v) is 8.51. The lowest BCUT2D eigenvalue weighted by Gasteiger charge is -2.24. The van der Waals surface area contributed by atoms with Crippen molar-refractivity contribution in [2.45, 2.75) is 13.0 Å². The number of nitrogens with one attached hydrogen (secondary N) is 1. The van der Waals surface area contributed by atoms with Gasteiger partial charge in [0.05, 0.1) is 15.7 Å². The van der Waals surface area contributed by atoms with Gasteiger partial charge >= 0.3 is 5.97 Å². The van der Waals surface area contributed by atoms with E-state index in [2.05, 4.69) is 5.32 Å². The number of carbonyl (C=O) groups is 2. The lowest BCUT2D eigenvalue weighted by atomic mass is 10.2. The molecule has 0 spiro atoms. The average molecular weight is 396 g/mol. The quantitative estimate of drug-likeness (QED) is 0.800. The second-order valence-electron chi connectivity index (χ2n) is 5.57. The monoisotopic (exact) mass is 395 g/mol. The van der Waals surface area contributed by atoms with Crippen molar-refractivity contribution in [2.75, 3.05) is 18.5 Å². The summed E-state index contributed by atoms with van der Waals surface area (Å²) in [7, 11) is 0. The molecule has 1 heterocycles. The van der Waals surface area contributed by atoms with Crippen molar-refractivity contribution < 1.29 is 23.8 Å². The maximum absolute atomic E-state index is 12.1. The van der Waals surface area contributed by atoms with E-state index in [-0.39, 0.29) is 12.3 Å². The van der Waals surface area contributed by atoms with Crippen molar-refractivity contribution in [1.29, 1.82) is 0 Å². The first-order chi connectivity index (χ1) is 12.5. The van der Waals surface area contributed by atoms with E-state index in [9.17, 15) is 9.59 Å². The van der Waals surface area contributed by atoms with E-state index in [0.29, 0.717) is 21.5 Å². The van der Waals surface area contributed by atoms with Gasteiger partial charge in [-0.15, -0.1) is 0 Å². The Hall–Kier alpha value is -2.44. The molecule has 1 amide bonds. The van der Waals surface area contributed by atoms with Gasteiger partial charge in [0.1, 0.15) is 6.61 Å². The minimum Gasteiger partial charge on any atom is -0.485 e. The number of rotatable bonds is 4. The van der Waals surface area contributed by atoms with E-state index < -0.39 is 24.6 Å². The highest BCUT2D eigenvalue weighted by Gasteiger charge is 2.29. The van der Waals surface area contributed by atoms with Gasteiger partial charge in [0.2, 0.25) is 6.10 Å². The zero-order valence-electron chi connectivity index (χ0n) is 13.8. The number of halogens is 2. The lowest BCUT2D eigenvalue weighted by Crippen LogP contribution is -2.39. The molecule has 0 saturated heterocycles. The van der Waals surface area contributed by atoms with Crippen molar-refractivity contribution >= 4 is 40.8 Å². The SMILES string of the molecule is Cc1ccc(Cl)c(NC(=O)COC(=O)C2COc3ccccc3O2)c1Cl. The summed E-state index contributed by atoms with van der Waals surface area (Å²) in [5, 5.41) is 3.16. The largest absolute Gasteiger partial charge is 0.485 e. The topological polar surface area (TPSA) is 73.9 Å². The number of hydrogen-bond donors (Lipinski definition) is 1. The molecular formula is C18H15Cl2NO5.